The van der Waals surface area contributed by atoms with E-state index in [9.17, 15) is 4.79 Å². The van der Waals surface area contributed by atoms with Crippen molar-refractivity contribution in [3.8, 4) is 0 Å². The minimum Gasteiger partial charge on any atom is -0.351 e. The highest BCUT2D eigenvalue weighted by Crippen LogP contribution is 2.49. The molecule has 0 radical (unpaired) electrons. The average Bonchev–Trinajstić information content (AvgIpc) is 3.14. The summed E-state index contributed by atoms with van der Waals surface area (Å²) in [7, 11) is 0. The van der Waals surface area contributed by atoms with Crippen molar-refractivity contribution in [1.82, 2.24) is 19.9 Å². The lowest BCUT2D eigenvalue weighted by molar-refractivity contribution is 0.0711. The van der Waals surface area contributed by atoms with Crippen molar-refractivity contribution in [2.24, 2.45) is 5.41 Å². The average molecular weight is 329 g/mol. The molecule has 1 aliphatic heterocycles. The first-order chi connectivity index (χ1) is 11.1. The highest BCUT2D eigenvalue weighted by molar-refractivity contribution is 7.09. The summed E-state index contributed by atoms with van der Waals surface area (Å²) < 4.78 is 0. The van der Waals surface area contributed by atoms with Crippen LogP contribution in [0.4, 0.5) is 5.95 Å². The first-order valence-electron chi connectivity index (χ1n) is 7.89. The van der Waals surface area contributed by atoms with Gasteiger partial charge in [0.15, 0.2) is 0 Å². The zero-order chi connectivity index (χ0) is 15.9. The predicted octanol–water partition coefficient (Wildman–Crippen LogP) is 2.35. The summed E-state index contributed by atoms with van der Waals surface area (Å²) >= 11 is 1.53. The van der Waals surface area contributed by atoms with Crippen molar-refractivity contribution < 1.29 is 4.79 Å². The van der Waals surface area contributed by atoms with E-state index >= 15 is 0 Å². The number of carbonyl (C=O) groups is 1. The van der Waals surface area contributed by atoms with E-state index in [1.807, 2.05) is 23.3 Å². The van der Waals surface area contributed by atoms with Crippen molar-refractivity contribution in [2.75, 3.05) is 18.4 Å². The molecule has 6 nitrogen and oxygen atoms in total. The maximum atomic E-state index is 12.5. The summed E-state index contributed by atoms with van der Waals surface area (Å²) in [5.74, 6) is 0.769. The molecule has 2 fully saturated rings. The molecule has 1 aliphatic carbocycles. The molecule has 0 bridgehead atoms. The molecule has 0 atom stereocenters. The normalized spacial score (nSPS) is 26.3. The molecular formula is C16H19N5OS. The van der Waals surface area contributed by atoms with Crippen LogP contribution in [-0.4, -0.2) is 44.9 Å². The fraction of sp³-hybridized carbons (Fsp3) is 0.500. The van der Waals surface area contributed by atoms with Crippen molar-refractivity contribution in [3.05, 3.63) is 34.5 Å². The minimum absolute atomic E-state index is 0.0778. The van der Waals surface area contributed by atoms with Gasteiger partial charge in [0.05, 0.1) is 5.01 Å². The zero-order valence-electron chi connectivity index (χ0n) is 13.0. The standard InChI is InChI=1S/C16H19N5OS/c1-11-19-13(9-23-11)14(22)21-6-3-16(10-21)7-12(8-16)20-15-17-4-2-5-18-15/h2,4-5,9,12H,3,6-8,10H2,1H3,(H,17,18,20). The summed E-state index contributed by atoms with van der Waals surface area (Å²) in [6.07, 6.45) is 6.72. The number of carbonyl (C=O) groups excluding carboxylic acids is 1. The fourth-order valence-corrected chi connectivity index (χ4v) is 4.30. The Labute approximate surface area is 139 Å². The molecule has 1 saturated carbocycles. The molecule has 23 heavy (non-hydrogen) atoms. The molecule has 7 heteroatoms. The van der Waals surface area contributed by atoms with Gasteiger partial charge in [-0.15, -0.1) is 11.3 Å². The van der Waals surface area contributed by atoms with Gasteiger partial charge >= 0.3 is 0 Å². The van der Waals surface area contributed by atoms with Crippen LogP contribution in [0.1, 0.15) is 34.8 Å². The van der Waals surface area contributed by atoms with Gasteiger partial charge in [0.25, 0.3) is 5.91 Å². The number of rotatable bonds is 3. The summed E-state index contributed by atoms with van der Waals surface area (Å²) in [5.41, 5.74) is 0.865. The van der Waals surface area contributed by atoms with Crippen LogP contribution in [0.15, 0.2) is 23.8 Å². The van der Waals surface area contributed by atoms with Gasteiger partial charge in [0.2, 0.25) is 5.95 Å². The van der Waals surface area contributed by atoms with Gasteiger partial charge in [-0.25, -0.2) is 15.0 Å². The Balaban J connectivity index is 1.34. The number of thiazole rings is 1. The number of nitrogens with zero attached hydrogens (tertiary/aromatic N) is 4. The quantitative estimate of drug-likeness (QED) is 0.936. The van der Waals surface area contributed by atoms with Gasteiger partial charge in [-0.3, -0.25) is 4.79 Å². The zero-order valence-corrected chi connectivity index (χ0v) is 13.8. The molecular weight excluding hydrogens is 310 g/mol. The van der Waals surface area contributed by atoms with E-state index in [1.165, 1.54) is 11.3 Å². The third-order valence-corrected chi connectivity index (χ3v) is 5.59. The number of anilines is 1. The lowest BCUT2D eigenvalue weighted by Crippen LogP contribution is -2.47. The molecule has 1 amide bonds. The van der Waals surface area contributed by atoms with Crippen LogP contribution in [0.5, 0.6) is 0 Å². The van der Waals surface area contributed by atoms with Crippen LogP contribution >= 0.6 is 11.3 Å². The third kappa shape index (κ3) is 2.81. The molecule has 120 valence electrons. The summed E-state index contributed by atoms with van der Waals surface area (Å²) in [4.78, 5) is 27.2. The lowest BCUT2D eigenvalue weighted by Gasteiger charge is -2.45. The highest BCUT2D eigenvalue weighted by atomic mass is 32.1. The Morgan fingerprint density at radius 1 is 1.39 bits per heavy atom. The number of amides is 1. The smallest absolute Gasteiger partial charge is 0.273 e. The van der Waals surface area contributed by atoms with Gasteiger partial charge in [-0.05, 0) is 37.7 Å². The van der Waals surface area contributed by atoms with Gasteiger partial charge in [0, 0.05) is 36.9 Å². The van der Waals surface area contributed by atoms with Gasteiger partial charge in [-0.1, -0.05) is 0 Å². The predicted molar refractivity (Wildman–Crippen MR) is 88.5 cm³/mol. The van der Waals surface area contributed by atoms with E-state index < -0.39 is 0 Å². The fourth-order valence-electron chi connectivity index (χ4n) is 3.71. The Morgan fingerprint density at radius 2 is 2.17 bits per heavy atom. The van der Waals surface area contributed by atoms with E-state index in [4.69, 9.17) is 0 Å². The first-order valence-corrected chi connectivity index (χ1v) is 8.77. The number of hydrogen-bond donors (Lipinski definition) is 1. The Morgan fingerprint density at radius 3 is 2.87 bits per heavy atom. The number of hydrogen-bond acceptors (Lipinski definition) is 6. The molecule has 0 unspecified atom stereocenters. The molecule has 2 aliphatic rings. The van der Waals surface area contributed by atoms with Crippen molar-refractivity contribution in [3.63, 3.8) is 0 Å². The largest absolute Gasteiger partial charge is 0.351 e. The van der Waals surface area contributed by atoms with Crippen LogP contribution in [-0.2, 0) is 0 Å². The molecule has 2 aromatic heterocycles. The molecule has 2 aromatic rings. The maximum Gasteiger partial charge on any atom is 0.273 e. The van der Waals surface area contributed by atoms with Crippen LogP contribution in [0, 0.1) is 12.3 Å². The summed E-state index contributed by atoms with van der Waals surface area (Å²) in [5, 5.41) is 6.18. The molecule has 1 spiro atoms. The second-order valence-corrected chi connectivity index (χ2v) is 7.61. The Kier molecular flexibility index (Phi) is 3.52. The molecule has 4 rings (SSSR count). The van der Waals surface area contributed by atoms with Crippen LogP contribution in [0.3, 0.4) is 0 Å². The molecule has 1 saturated heterocycles. The van der Waals surface area contributed by atoms with Gasteiger partial charge < -0.3 is 10.2 Å². The second kappa shape index (κ2) is 5.56. The number of aryl methyl sites for hydroxylation is 1. The minimum atomic E-state index is 0.0778. The third-order valence-electron chi connectivity index (χ3n) is 4.82. The van der Waals surface area contributed by atoms with Crippen LogP contribution in [0.2, 0.25) is 0 Å². The first kappa shape index (κ1) is 14.6. The number of nitrogens with one attached hydrogen (secondary N) is 1. The van der Waals surface area contributed by atoms with Gasteiger partial charge in [-0.2, -0.15) is 0 Å². The van der Waals surface area contributed by atoms with E-state index in [1.54, 1.807) is 12.4 Å². The van der Waals surface area contributed by atoms with Crippen molar-refractivity contribution in [2.45, 2.75) is 32.2 Å². The molecule has 1 N–H and O–H groups in total. The number of aromatic nitrogens is 3. The summed E-state index contributed by atoms with van der Waals surface area (Å²) in [6, 6.07) is 2.22. The Bertz CT molecular complexity index is 710. The van der Waals surface area contributed by atoms with E-state index in [-0.39, 0.29) is 11.3 Å². The van der Waals surface area contributed by atoms with E-state index in [0.29, 0.717) is 17.7 Å². The lowest BCUT2D eigenvalue weighted by atomic mass is 9.65. The molecule has 3 heterocycles. The number of likely N-dealkylation sites (tertiary alicyclic amines) is 1. The SMILES string of the molecule is Cc1nc(C(=O)N2CCC3(CC(Nc4ncccn4)C3)C2)cs1. The second-order valence-electron chi connectivity index (χ2n) is 6.55. The topological polar surface area (TPSA) is 71.0 Å². The van der Waals surface area contributed by atoms with Gasteiger partial charge in [0.1, 0.15) is 5.69 Å². The monoisotopic (exact) mass is 329 g/mol. The summed E-state index contributed by atoms with van der Waals surface area (Å²) in [6.45, 7) is 3.61. The van der Waals surface area contributed by atoms with Crippen molar-refractivity contribution in [1.29, 1.82) is 0 Å². The van der Waals surface area contributed by atoms with Crippen LogP contribution < -0.4 is 5.32 Å². The highest BCUT2D eigenvalue weighted by Gasteiger charge is 2.49. The molecule has 0 aromatic carbocycles. The van der Waals surface area contributed by atoms with E-state index in [0.717, 1.165) is 37.4 Å². The van der Waals surface area contributed by atoms with Crippen molar-refractivity contribution >= 4 is 23.2 Å². The van der Waals surface area contributed by atoms with E-state index in [2.05, 4.69) is 20.3 Å². The Hall–Kier alpha value is -2.02. The van der Waals surface area contributed by atoms with Crippen LogP contribution in [0.25, 0.3) is 0 Å². The maximum absolute atomic E-state index is 12.5.